The maximum atomic E-state index is 10.5. The molecule has 20 heavy (non-hydrogen) atoms. The van der Waals surface area contributed by atoms with Crippen LogP contribution in [0.5, 0.6) is 0 Å². The lowest BCUT2D eigenvalue weighted by molar-refractivity contribution is -0.144. The van der Waals surface area contributed by atoms with E-state index in [0.29, 0.717) is 10.6 Å². The highest BCUT2D eigenvalue weighted by atomic mass is 35.5. The summed E-state index contributed by atoms with van der Waals surface area (Å²) in [6.45, 7) is 1.22. The van der Waals surface area contributed by atoms with Crippen LogP contribution >= 0.6 is 11.6 Å². The van der Waals surface area contributed by atoms with Gasteiger partial charge in [-0.3, -0.25) is 0 Å². The van der Waals surface area contributed by atoms with Crippen molar-refractivity contribution < 1.29 is 14.6 Å². The van der Waals surface area contributed by atoms with Crippen LogP contribution in [0.4, 0.5) is 5.69 Å². The van der Waals surface area contributed by atoms with Gasteiger partial charge in [0.2, 0.25) is 0 Å². The second kappa shape index (κ2) is 6.60. The van der Waals surface area contributed by atoms with Crippen LogP contribution < -0.4 is 4.90 Å². The first kappa shape index (κ1) is 14.6. The molecule has 0 bridgehead atoms. The van der Waals surface area contributed by atoms with Gasteiger partial charge in [0.25, 0.3) is 0 Å². The van der Waals surface area contributed by atoms with Gasteiger partial charge < -0.3 is 14.7 Å². The molecule has 106 valence electrons. The van der Waals surface area contributed by atoms with E-state index in [1.165, 1.54) is 0 Å². The van der Waals surface area contributed by atoms with Crippen molar-refractivity contribution in [1.82, 2.24) is 0 Å². The molecule has 5 nitrogen and oxygen atoms in total. The SMILES string of the molecule is N#Cc1cc(Cl)ccc1N1CCC(OCC(=O)O)CC1. The van der Waals surface area contributed by atoms with E-state index < -0.39 is 5.97 Å². The zero-order valence-corrected chi connectivity index (χ0v) is 11.6. The van der Waals surface area contributed by atoms with E-state index in [1.807, 2.05) is 6.07 Å². The molecule has 0 aromatic heterocycles. The molecule has 1 heterocycles. The van der Waals surface area contributed by atoms with Gasteiger partial charge in [0, 0.05) is 18.1 Å². The second-order valence-electron chi connectivity index (χ2n) is 4.66. The van der Waals surface area contributed by atoms with Crippen molar-refractivity contribution in [3.8, 4) is 6.07 Å². The molecular formula is C14H15ClN2O3. The quantitative estimate of drug-likeness (QED) is 0.922. The van der Waals surface area contributed by atoms with Crippen molar-refractivity contribution in [2.24, 2.45) is 0 Å². The third kappa shape index (κ3) is 3.62. The second-order valence-corrected chi connectivity index (χ2v) is 5.10. The van der Waals surface area contributed by atoms with Crippen LogP contribution in [-0.2, 0) is 9.53 Å². The topological polar surface area (TPSA) is 73.6 Å². The van der Waals surface area contributed by atoms with Gasteiger partial charge in [-0.25, -0.2) is 4.79 Å². The number of carbonyl (C=O) groups is 1. The number of nitrogens with zero attached hydrogens (tertiary/aromatic N) is 2. The smallest absolute Gasteiger partial charge is 0.329 e. The fourth-order valence-electron chi connectivity index (χ4n) is 2.33. The molecular weight excluding hydrogens is 280 g/mol. The van der Waals surface area contributed by atoms with Crippen LogP contribution in [0, 0.1) is 11.3 Å². The molecule has 0 radical (unpaired) electrons. The zero-order valence-electron chi connectivity index (χ0n) is 10.9. The van der Waals surface area contributed by atoms with Crippen LogP contribution in [0.15, 0.2) is 18.2 Å². The molecule has 1 N–H and O–H groups in total. The molecule has 1 aromatic rings. The third-order valence-electron chi connectivity index (χ3n) is 3.30. The van der Waals surface area contributed by atoms with Crippen molar-refractivity contribution in [2.45, 2.75) is 18.9 Å². The molecule has 1 aliphatic heterocycles. The summed E-state index contributed by atoms with van der Waals surface area (Å²) >= 11 is 5.88. The fraction of sp³-hybridized carbons (Fsp3) is 0.429. The molecule has 1 saturated heterocycles. The highest BCUT2D eigenvalue weighted by Crippen LogP contribution is 2.27. The Hall–Kier alpha value is -1.77. The van der Waals surface area contributed by atoms with Crippen LogP contribution in [0.2, 0.25) is 5.02 Å². The van der Waals surface area contributed by atoms with Gasteiger partial charge in [0.05, 0.1) is 17.4 Å². The number of ether oxygens (including phenoxy) is 1. The number of anilines is 1. The Kier molecular flexibility index (Phi) is 4.83. The van der Waals surface area contributed by atoms with E-state index in [4.69, 9.17) is 26.7 Å². The Bertz CT molecular complexity index is 534. The van der Waals surface area contributed by atoms with E-state index in [1.54, 1.807) is 12.1 Å². The number of benzene rings is 1. The molecule has 0 saturated carbocycles. The Morgan fingerprint density at radius 3 is 2.80 bits per heavy atom. The normalized spacial score (nSPS) is 15.9. The van der Waals surface area contributed by atoms with Crippen LogP contribution in [0.25, 0.3) is 0 Å². The average Bonchev–Trinajstić information content (AvgIpc) is 2.45. The summed E-state index contributed by atoms with van der Waals surface area (Å²) in [6, 6.07) is 7.42. The molecule has 0 amide bonds. The van der Waals surface area contributed by atoms with Gasteiger partial charge in [-0.1, -0.05) is 11.6 Å². The number of piperidine rings is 1. The third-order valence-corrected chi connectivity index (χ3v) is 3.54. The summed E-state index contributed by atoms with van der Waals surface area (Å²) in [6.07, 6.45) is 1.47. The average molecular weight is 295 g/mol. The van der Waals surface area contributed by atoms with Gasteiger partial charge in [0.1, 0.15) is 12.7 Å². The molecule has 1 aliphatic rings. The molecule has 0 atom stereocenters. The minimum Gasteiger partial charge on any atom is -0.480 e. The molecule has 1 aromatic carbocycles. The Morgan fingerprint density at radius 2 is 2.20 bits per heavy atom. The number of carboxylic acids is 1. The van der Waals surface area contributed by atoms with E-state index in [0.717, 1.165) is 31.6 Å². The molecule has 1 fully saturated rings. The zero-order chi connectivity index (χ0) is 14.5. The summed E-state index contributed by atoms with van der Waals surface area (Å²) in [7, 11) is 0. The molecule has 6 heteroatoms. The van der Waals surface area contributed by atoms with Crippen molar-refractivity contribution in [3.05, 3.63) is 28.8 Å². The lowest BCUT2D eigenvalue weighted by atomic mass is 10.1. The number of rotatable bonds is 4. The maximum Gasteiger partial charge on any atom is 0.329 e. The van der Waals surface area contributed by atoms with E-state index in [-0.39, 0.29) is 12.7 Å². The number of hydrogen-bond donors (Lipinski definition) is 1. The molecule has 0 spiro atoms. The highest BCUT2D eigenvalue weighted by Gasteiger charge is 2.22. The molecule has 2 rings (SSSR count). The van der Waals surface area contributed by atoms with Crippen LogP contribution in [0.3, 0.4) is 0 Å². The van der Waals surface area contributed by atoms with Gasteiger partial charge in [-0.15, -0.1) is 0 Å². The Morgan fingerprint density at radius 1 is 1.50 bits per heavy atom. The minimum atomic E-state index is -0.947. The monoisotopic (exact) mass is 294 g/mol. The molecule has 0 aliphatic carbocycles. The number of hydrogen-bond acceptors (Lipinski definition) is 4. The Labute approximate surface area is 122 Å². The van der Waals surface area contributed by atoms with Gasteiger partial charge in [0.15, 0.2) is 0 Å². The van der Waals surface area contributed by atoms with E-state index in [2.05, 4.69) is 11.0 Å². The minimum absolute atomic E-state index is 0.0276. The predicted octanol–water partition coefficient (Wildman–Crippen LogP) is 2.28. The number of halogens is 1. The number of nitriles is 1. The lowest BCUT2D eigenvalue weighted by Crippen LogP contribution is -2.38. The molecule has 0 unspecified atom stereocenters. The first-order valence-corrected chi connectivity index (χ1v) is 6.76. The lowest BCUT2D eigenvalue weighted by Gasteiger charge is -2.33. The van der Waals surface area contributed by atoms with Gasteiger partial charge in [-0.2, -0.15) is 5.26 Å². The first-order chi connectivity index (χ1) is 9.60. The Balaban J connectivity index is 1.97. The summed E-state index contributed by atoms with van der Waals surface area (Å²) in [5, 5.41) is 18.3. The first-order valence-electron chi connectivity index (χ1n) is 6.38. The maximum absolute atomic E-state index is 10.5. The highest BCUT2D eigenvalue weighted by molar-refractivity contribution is 6.30. The fourth-order valence-corrected chi connectivity index (χ4v) is 2.50. The largest absolute Gasteiger partial charge is 0.480 e. The standard InChI is InChI=1S/C14H15ClN2O3/c15-11-1-2-13(10(7-11)8-16)17-5-3-12(4-6-17)20-9-14(18)19/h1-2,7,12H,3-6,9H2,(H,18,19). The number of aliphatic carboxylic acids is 1. The van der Waals surface area contributed by atoms with Crippen molar-refractivity contribution in [1.29, 1.82) is 5.26 Å². The van der Waals surface area contributed by atoms with Gasteiger partial charge in [-0.05, 0) is 31.0 Å². The van der Waals surface area contributed by atoms with Crippen molar-refractivity contribution in [2.75, 3.05) is 24.6 Å². The number of carboxylic acid groups (broad SMARTS) is 1. The summed E-state index contributed by atoms with van der Waals surface area (Å²) < 4.78 is 5.29. The summed E-state index contributed by atoms with van der Waals surface area (Å²) in [4.78, 5) is 12.6. The summed E-state index contributed by atoms with van der Waals surface area (Å²) in [5.41, 5.74) is 1.43. The van der Waals surface area contributed by atoms with Crippen molar-refractivity contribution >= 4 is 23.3 Å². The van der Waals surface area contributed by atoms with Crippen LogP contribution in [-0.4, -0.2) is 36.9 Å². The van der Waals surface area contributed by atoms with Crippen LogP contribution in [0.1, 0.15) is 18.4 Å². The van der Waals surface area contributed by atoms with E-state index in [9.17, 15) is 4.79 Å². The summed E-state index contributed by atoms with van der Waals surface area (Å²) in [5.74, 6) is -0.947. The van der Waals surface area contributed by atoms with Gasteiger partial charge >= 0.3 is 5.97 Å². The van der Waals surface area contributed by atoms with E-state index >= 15 is 0 Å². The van der Waals surface area contributed by atoms with Crippen molar-refractivity contribution in [3.63, 3.8) is 0 Å². The predicted molar refractivity (Wildman–Crippen MR) is 75.0 cm³/mol.